The van der Waals surface area contributed by atoms with Crippen LogP contribution in [-0.2, 0) is 16.1 Å². The average molecular weight is 458 g/mol. The highest BCUT2D eigenvalue weighted by atomic mass is 35.5. The number of carbonyl (C=O) groups excluding carboxylic acids is 2. The van der Waals surface area contributed by atoms with Crippen molar-refractivity contribution >= 4 is 34.6 Å². The Morgan fingerprint density at radius 2 is 1.78 bits per heavy atom. The molecule has 32 heavy (non-hydrogen) atoms. The van der Waals surface area contributed by atoms with E-state index in [-0.39, 0.29) is 28.9 Å². The van der Waals surface area contributed by atoms with E-state index >= 15 is 0 Å². The van der Waals surface area contributed by atoms with Gasteiger partial charge in [0, 0.05) is 17.0 Å². The first-order chi connectivity index (χ1) is 15.2. The molecule has 2 aromatic carbocycles. The van der Waals surface area contributed by atoms with Crippen LogP contribution in [0.4, 0.5) is 4.79 Å². The van der Waals surface area contributed by atoms with Crippen molar-refractivity contribution in [1.29, 1.82) is 0 Å². The summed E-state index contributed by atoms with van der Waals surface area (Å²) in [5.74, 6) is -0.974. The lowest BCUT2D eigenvalue weighted by atomic mass is 10.0. The third kappa shape index (κ3) is 5.29. The lowest BCUT2D eigenvalue weighted by molar-refractivity contribution is -0.137. The van der Waals surface area contributed by atoms with E-state index in [1.165, 1.54) is 6.07 Å². The minimum absolute atomic E-state index is 0.0284. The van der Waals surface area contributed by atoms with Crippen LogP contribution in [0.1, 0.15) is 30.5 Å². The van der Waals surface area contributed by atoms with Crippen LogP contribution in [0.25, 0.3) is 11.0 Å². The van der Waals surface area contributed by atoms with Crippen molar-refractivity contribution in [2.24, 2.45) is 5.92 Å². The molecule has 0 saturated heterocycles. The van der Waals surface area contributed by atoms with Gasteiger partial charge in [-0.05, 0) is 37.0 Å². The van der Waals surface area contributed by atoms with E-state index in [1.807, 2.05) is 30.3 Å². The molecule has 0 aliphatic carbocycles. The number of hydrogen-bond donors (Lipinski definition) is 1. The van der Waals surface area contributed by atoms with Crippen molar-refractivity contribution in [2.75, 3.05) is 0 Å². The van der Waals surface area contributed by atoms with Gasteiger partial charge >= 0.3 is 17.7 Å². The number of ether oxygens (including phenoxy) is 2. The molecule has 1 N–H and O–H groups in total. The van der Waals surface area contributed by atoms with Crippen molar-refractivity contribution in [3.8, 4) is 5.75 Å². The van der Waals surface area contributed by atoms with Crippen molar-refractivity contribution < 1.29 is 23.5 Å². The van der Waals surface area contributed by atoms with E-state index in [1.54, 1.807) is 33.8 Å². The van der Waals surface area contributed by atoms with E-state index in [2.05, 4.69) is 5.32 Å². The van der Waals surface area contributed by atoms with Gasteiger partial charge in [-0.25, -0.2) is 14.4 Å². The molecule has 0 bridgehead atoms. The van der Waals surface area contributed by atoms with Gasteiger partial charge in [0.25, 0.3) is 0 Å². The molecule has 1 amide bonds. The minimum Gasteiger partial charge on any atom is -0.445 e. The fourth-order valence-corrected chi connectivity index (χ4v) is 3.29. The Balaban J connectivity index is 1.75. The van der Waals surface area contributed by atoms with Crippen LogP contribution in [0.2, 0.25) is 5.02 Å². The number of hydrogen-bond acceptors (Lipinski definition) is 6. The normalized spacial score (nSPS) is 11.9. The number of nitrogens with one attached hydrogen (secondary N) is 1. The van der Waals surface area contributed by atoms with E-state index in [0.717, 1.165) is 11.1 Å². The quantitative estimate of drug-likeness (QED) is 0.320. The summed E-state index contributed by atoms with van der Waals surface area (Å²) in [6, 6.07) is 11.2. The summed E-state index contributed by atoms with van der Waals surface area (Å²) in [5, 5.41) is 3.36. The predicted octanol–water partition coefficient (Wildman–Crippen LogP) is 4.92. The summed E-state index contributed by atoms with van der Waals surface area (Å²) in [6.45, 7) is 7.04. The molecular formula is C24H24ClNO6. The van der Waals surface area contributed by atoms with Gasteiger partial charge in [-0.1, -0.05) is 55.8 Å². The molecule has 0 unspecified atom stereocenters. The molecule has 3 rings (SSSR count). The Morgan fingerprint density at radius 1 is 1.09 bits per heavy atom. The van der Waals surface area contributed by atoms with Crippen molar-refractivity contribution in [2.45, 2.75) is 40.3 Å². The molecule has 0 radical (unpaired) electrons. The monoisotopic (exact) mass is 457 g/mol. The summed E-state index contributed by atoms with van der Waals surface area (Å²) in [5.41, 5.74) is 1.82. The predicted molar refractivity (Wildman–Crippen MR) is 121 cm³/mol. The van der Waals surface area contributed by atoms with Gasteiger partial charge in [-0.15, -0.1) is 0 Å². The van der Waals surface area contributed by atoms with Crippen LogP contribution in [-0.4, -0.2) is 18.1 Å². The molecule has 0 aliphatic rings. The lowest BCUT2D eigenvalue weighted by Crippen LogP contribution is -2.46. The number of amides is 1. The standard InChI is InChI=1S/C24H24ClNO6/c1-13(2)21(26-24(29)30-12-16-8-6-5-7-9-16)23(28)32-20-11-19-17(10-18(20)25)14(3)15(4)22(27)31-19/h5-11,13,21H,12H2,1-4H3,(H,26,29)/t21-/m1/s1. The van der Waals surface area contributed by atoms with E-state index in [0.29, 0.717) is 10.9 Å². The maximum atomic E-state index is 12.8. The number of aryl methyl sites for hydroxylation is 1. The minimum atomic E-state index is -0.975. The van der Waals surface area contributed by atoms with Gasteiger partial charge in [0.05, 0.1) is 5.02 Å². The van der Waals surface area contributed by atoms with Crippen LogP contribution in [0, 0.1) is 19.8 Å². The Labute approximate surface area is 190 Å². The highest BCUT2D eigenvalue weighted by molar-refractivity contribution is 6.33. The van der Waals surface area contributed by atoms with E-state index < -0.39 is 23.7 Å². The van der Waals surface area contributed by atoms with Crippen molar-refractivity contribution in [1.82, 2.24) is 5.32 Å². The second kappa shape index (κ2) is 9.87. The Bertz CT molecular complexity index is 1200. The smallest absolute Gasteiger partial charge is 0.408 e. The fourth-order valence-electron chi connectivity index (χ4n) is 3.08. The first-order valence-corrected chi connectivity index (χ1v) is 10.5. The van der Waals surface area contributed by atoms with Crippen LogP contribution < -0.4 is 15.7 Å². The summed E-state index contributed by atoms with van der Waals surface area (Å²) in [4.78, 5) is 37.0. The highest BCUT2D eigenvalue weighted by Crippen LogP contribution is 2.32. The van der Waals surface area contributed by atoms with E-state index in [4.69, 9.17) is 25.5 Å². The molecule has 0 aliphatic heterocycles. The van der Waals surface area contributed by atoms with Crippen molar-refractivity contribution in [3.63, 3.8) is 0 Å². The molecule has 168 valence electrons. The van der Waals surface area contributed by atoms with Gasteiger partial charge in [0.2, 0.25) is 0 Å². The first-order valence-electron chi connectivity index (χ1n) is 10.1. The summed E-state index contributed by atoms with van der Waals surface area (Å²) >= 11 is 6.31. The topological polar surface area (TPSA) is 94.8 Å². The zero-order valence-electron chi connectivity index (χ0n) is 18.2. The molecule has 1 heterocycles. The van der Waals surface area contributed by atoms with Crippen LogP contribution in [0.3, 0.4) is 0 Å². The third-order valence-corrected chi connectivity index (χ3v) is 5.42. The molecule has 7 nitrogen and oxygen atoms in total. The third-order valence-electron chi connectivity index (χ3n) is 5.13. The number of esters is 1. The molecule has 8 heteroatoms. The summed E-state index contributed by atoms with van der Waals surface area (Å²) < 4.78 is 15.9. The second-order valence-electron chi connectivity index (χ2n) is 7.77. The number of fused-ring (bicyclic) bond motifs is 1. The highest BCUT2D eigenvalue weighted by Gasteiger charge is 2.28. The molecule has 0 fully saturated rings. The molecule has 0 saturated carbocycles. The Kier molecular flexibility index (Phi) is 7.20. The van der Waals surface area contributed by atoms with Crippen LogP contribution in [0.15, 0.2) is 51.7 Å². The molecule has 0 spiro atoms. The number of carbonyl (C=O) groups is 2. The fraction of sp³-hybridized carbons (Fsp3) is 0.292. The maximum absolute atomic E-state index is 12.8. The van der Waals surface area contributed by atoms with Gasteiger partial charge in [0.15, 0.2) is 5.75 Å². The van der Waals surface area contributed by atoms with Gasteiger partial charge in [0.1, 0.15) is 18.2 Å². The largest absolute Gasteiger partial charge is 0.445 e. The number of benzene rings is 2. The zero-order chi connectivity index (χ0) is 23.4. The number of alkyl carbamates (subject to hydrolysis) is 1. The molecule has 3 aromatic rings. The Hall–Kier alpha value is -3.32. The average Bonchev–Trinajstić information content (AvgIpc) is 2.76. The molecule has 1 aromatic heterocycles. The summed E-state index contributed by atoms with van der Waals surface area (Å²) in [6.07, 6.45) is -0.744. The lowest BCUT2D eigenvalue weighted by Gasteiger charge is -2.21. The second-order valence-corrected chi connectivity index (χ2v) is 8.17. The van der Waals surface area contributed by atoms with Gasteiger partial charge < -0.3 is 19.2 Å². The SMILES string of the molecule is Cc1c(C)c2cc(Cl)c(OC(=O)[C@H](NC(=O)OCc3ccccc3)C(C)C)cc2oc1=O. The van der Waals surface area contributed by atoms with E-state index in [9.17, 15) is 14.4 Å². The number of rotatable bonds is 6. The molecular weight excluding hydrogens is 434 g/mol. The zero-order valence-corrected chi connectivity index (χ0v) is 19.0. The van der Waals surface area contributed by atoms with Crippen LogP contribution >= 0.6 is 11.6 Å². The number of halogens is 1. The molecule has 1 atom stereocenters. The van der Waals surface area contributed by atoms with Crippen molar-refractivity contribution in [3.05, 3.63) is 74.6 Å². The Morgan fingerprint density at radius 3 is 2.44 bits per heavy atom. The van der Waals surface area contributed by atoms with Gasteiger partial charge in [-0.3, -0.25) is 0 Å². The summed E-state index contributed by atoms with van der Waals surface area (Å²) in [7, 11) is 0. The van der Waals surface area contributed by atoms with Crippen LogP contribution in [0.5, 0.6) is 5.75 Å². The van der Waals surface area contributed by atoms with Gasteiger partial charge in [-0.2, -0.15) is 0 Å². The maximum Gasteiger partial charge on any atom is 0.408 e. The first kappa shape index (κ1) is 23.3.